The lowest BCUT2D eigenvalue weighted by Crippen LogP contribution is -1.97. The minimum Gasteiger partial charge on any atom is -0.388 e. The van der Waals surface area contributed by atoms with Crippen molar-refractivity contribution in [2.75, 3.05) is 0 Å². The van der Waals surface area contributed by atoms with E-state index in [0.29, 0.717) is 5.92 Å². The minimum atomic E-state index is -0.419. The molecule has 1 aromatic heterocycles. The molecule has 3 heteroatoms. The molecule has 1 nitrogen and oxygen atoms in total. The Labute approximate surface area is 105 Å². The summed E-state index contributed by atoms with van der Waals surface area (Å²) in [5.74, 6) is 0.370. The molecule has 17 heavy (non-hydrogen) atoms. The monoisotopic (exact) mass is 252 g/mol. The quantitative estimate of drug-likeness (QED) is 0.848. The number of fused-ring (bicyclic) bond motifs is 1. The normalized spacial score (nSPS) is 13.5. The Morgan fingerprint density at radius 2 is 2.00 bits per heavy atom. The third-order valence-corrected chi connectivity index (χ3v) is 4.06. The van der Waals surface area contributed by atoms with Crippen LogP contribution < -0.4 is 0 Å². The molecule has 0 aliphatic carbocycles. The molecule has 1 aromatic carbocycles. The van der Waals surface area contributed by atoms with Crippen LogP contribution in [0, 0.1) is 11.7 Å². The number of aliphatic hydroxyl groups excluding tert-OH is 1. The van der Waals surface area contributed by atoms with Crippen LogP contribution in [-0.2, 0) is 0 Å². The summed E-state index contributed by atoms with van der Waals surface area (Å²) in [5.41, 5.74) is 0. The van der Waals surface area contributed by atoms with E-state index in [1.54, 1.807) is 17.4 Å². The number of thiophene rings is 1. The average Bonchev–Trinajstić information content (AvgIpc) is 2.68. The van der Waals surface area contributed by atoms with Crippen molar-refractivity contribution in [2.24, 2.45) is 5.92 Å². The van der Waals surface area contributed by atoms with Crippen molar-refractivity contribution < 1.29 is 9.50 Å². The van der Waals surface area contributed by atoms with E-state index in [9.17, 15) is 9.50 Å². The highest BCUT2D eigenvalue weighted by Crippen LogP contribution is 2.32. The molecule has 0 amide bonds. The van der Waals surface area contributed by atoms with Crippen LogP contribution in [0.2, 0.25) is 0 Å². The van der Waals surface area contributed by atoms with Crippen molar-refractivity contribution >= 4 is 21.4 Å². The maximum Gasteiger partial charge on any atom is 0.123 e. The van der Waals surface area contributed by atoms with Crippen LogP contribution in [0.3, 0.4) is 0 Å². The standard InChI is InChI=1S/C14H17FOS/c1-9(2)3-5-12(16)14-8-10-7-11(15)4-6-13(10)17-14/h4,6-9,12,16H,3,5H2,1-2H3. The highest BCUT2D eigenvalue weighted by molar-refractivity contribution is 7.19. The van der Waals surface area contributed by atoms with Crippen LogP contribution in [0.1, 0.15) is 37.7 Å². The summed E-state index contributed by atoms with van der Waals surface area (Å²) >= 11 is 1.55. The van der Waals surface area contributed by atoms with E-state index >= 15 is 0 Å². The molecular formula is C14H17FOS. The number of halogens is 1. The van der Waals surface area contributed by atoms with Crippen LogP contribution in [0.15, 0.2) is 24.3 Å². The second kappa shape index (κ2) is 5.15. The van der Waals surface area contributed by atoms with Crippen molar-refractivity contribution in [2.45, 2.75) is 32.8 Å². The summed E-state index contributed by atoms with van der Waals surface area (Å²) in [6.45, 7) is 4.29. The van der Waals surface area contributed by atoms with Crippen LogP contribution >= 0.6 is 11.3 Å². The molecule has 0 radical (unpaired) electrons. The molecule has 0 bridgehead atoms. The SMILES string of the molecule is CC(C)CCC(O)c1cc2cc(F)ccc2s1. The van der Waals surface area contributed by atoms with Crippen LogP contribution in [0.25, 0.3) is 10.1 Å². The molecule has 0 fully saturated rings. The zero-order chi connectivity index (χ0) is 12.4. The highest BCUT2D eigenvalue weighted by atomic mass is 32.1. The predicted octanol–water partition coefficient (Wildman–Crippen LogP) is 4.51. The average molecular weight is 252 g/mol. The van der Waals surface area contributed by atoms with E-state index in [1.807, 2.05) is 6.07 Å². The summed E-state index contributed by atoms with van der Waals surface area (Å²) in [6, 6.07) is 6.65. The van der Waals surface area contributed by atoms with E-state index < -0.39 is 6.10 Å². The minimum absolute atomic E-state index is 0.224. The smallest absolute Gasteiger partial charge is 0.123 e. The lowest BCUT2D eigenvalue weighted by Gasteiger charge is -2.09. The van der Waals surface area contributed by atoms with Gasteiger partial charge in [0.1, 0.15) is 5.82 Å². The van der Waals surface area contributed by atoms with E-state index in [0.717, 1.165) is 27.8 Å². The Bertz CT molecular complexity index is 504. The predicted molar refractivity (Wildman–Crippen MR) is 70.8 cm³/mol. The molecule has 0 spiro atoms. The van der Waals surface area contributed by atoms with Crippen LogP contribution in [0.5, 0.6) is 0 Å². The topological polar surface area (TPSA) is 20.2 Å². The van der Waals surface area contributed by atoms with E-state index in [4.69, 9.17) is 0 Å². The largest absolute Gasteiger partial charge is 0.388 e. The van der Waals surface area contributed by atoms with Gasteiger partial charge in [0.25, 0.3) is 0 Å². The first-order chi connectivity index (χ1) is 8.06. The number of rotatable bonds is 4. The lowest BCUT2D eigenvalue weighted by atomic mass is 10.0. The molecule has 0 aliphatic heterocycles. The molecule has 0 aliphatic rings. The second-order valence-electron chi connectivity index (χ2n) is 4.82. The summed E-state index contributed by atoms with van der Waals surface area (Å²) in [4.78, 5) is 0.936. The lowest BCUT2D eigenvalue weighted by molar-refractivity contribution is 0.163. The molecular weight excluding hydrogens is 235 g/mol. The summed E-state index contributed by atoms with van der Waals surface area (Å²) < 4.78 is 14.1. The molecule has 1 N–H and O–H groups in total. The maximum absolute atomic E-state index is 13.0. The number of aliphatic hydroxyl groups is 1. The van der Waals surface area contributed by atoms with Crippen molar-refractivity contribution in [3.63, 3.8) is 0 Å². The molecule has 1 atom stereocenters. The van der Waals surface area contributed by atoms with Crippen molar-refractivity contribution in [3.8, 4) is 0 Å². The van der Waals surface area contributed by atoms with Gasteiger partial charge in [-0.2, -0.15) is 0 Å². The summed E-state index contributed by atoms with van der Waals surface area (Å²) in [6.07, 6.45) is 1.36. The molecule has 92 valence electrons. The Balaban J connectivity index is 2.18. The maximum atomic E-state index is 13.0. The van der Waals surface area contributed by atoms with E-state index in [-0.39, 0.29) is 5.82 Å². The fourth-order valence-corrected chi connectivity index (χ4v) is 2.90. The van der Waals surface area contributed by atoms with Gasteiger partial charge >= 0.3 is 0 Å². The van der Waals surface area contributed by atoms with Crippen molar-refractivity contribution in [1.29, 1.82) is 0 Å². The van der Waals surface area contributed by atoms with Gasteiger partial charge in [0, 0.05) is 9.58 Å². The first kappa shape index (κ1) is 12.5. The fourth-order valence-electron chi connectivity index (χ4n) is 1.83. The van der Waals surface area contributed by atoms with Gasteiger partial charge in [0.15, 0.2) is 0 Å². The van der Waals surface area contributed by atoms with Gasteiger partial charge in [0.2, 0.25) is 0 Å². The fraction of sp³-hybridized carbons (Fsp3) is 0.429. The highest BCUT2D eigenvalue weighted by Gasteiger charge is 2.12. The van der Waals surface area contributed by atoms with Gasteiger partial charge in [-0.3, -0.25) is 0 Å². The van der Waals surface area contributed by atoms with Crippen LogP contribution in [-0.4, -0.2) is 5.11 Å². The summed E-state index contributed by atoms with van der Waals surface area (Å²) in [5, 5.41) is 10.9. The van der Waals surface area contributed by atoms with E-state index in [2.05, 4.69) is 13.8 Å². The Kier molecular flexibility index (Phi) is 3.79. The van der Waals surface area contributed by atoms with Gasteiger partial charge in [-0.15, -0.1) is 11.3 Å². The third kappa shape index (κ3) is 3.05. The Morgan fingerprint density at radius 3 is 2.71 bits per heavy atom. The molecule has 0 saturated carbocycles. The number of hydrogen-bond donors (Lipinski definition) is 1. The van der Waals surface area contributed by atoms with Gasteiger partial charge in [-0.25, -0.2) is 4.39 Å². The Hall–Kier alpha value is -0.930. The second-order valence-corrected chi connectivity index (χ2v) is 5.93. The van der Waals surface area contributed by atoms with Crippen LogP contribution in [0.4, 0.5) is 4.39 Å². The zero-order valence-corrected chi connectivity index (χ0v) is 10.9. The first-order valence-corrected chi connectivity index (χ1v) is 6.75. The van der Waals surface area contributed by atoms with Gasteiger partial charge in [-0.1, -0.05) is 13.8 Å². The first-order valence-electron chi connectivity index (χ1n) is 5.93. The van der Waals surface area contributed by atoms with Crippen molar-refractivity contribution in [3.05, 3.63) is 35.0 Å². The van der Waals surface area contributed by atoms with Crippen molar-refractivity contribution in [1.82, 2.24) is 0 Å². The zero-order valence-electron chi connectivity index (χ0n) is 10.1. The number of hydrogen-bond acceptors (Lipinski definition) is 2. The summed E-state index contributed by atoms with van der Waals surface area (Å²) in [7, 11) is 0. The molecule has 2 rings (SSSR count). The number of benzene rings is 1. The van der Waals surface area contributed by atoms with Gasteiger partial charge in [-0.05, 0) is 48.4 Å². The Morgan fingerprint density at radius 1 is 1.24 bits per heavy atom. The molecule has 0 saturated heterocycles. The molecule has 2 aromatic rings. The van der Waals surface area contributed by atoms with E-state index in [1.165, 1.54) is 12.1 Å². The van der Waals surface area contributed by atoms with Gasteiger partial charge in [0.05, 0.1) is 6.10 Å². The van der Waals surface area contributed by atoms with Gasteiger partial charge < -0.3 is 5.11 Å². The third-order valence-electron chi connectivity index (χ3n) is 2.84. The molecule has 1 heterocycles. The molecule has 1 unspecified atom stereocenters.